The zero-order valence-electron chi connectivity index (χ0n) is 10.7. The Kier molecular flexibility index (Phi) is 4.91. The molecule has 1 fully saturated rings. The predicted octanol–water partition coefficient (Wildman–Crippen LogP) is 2.23. The molecule has 6 nitrogen and oxygen atoms in total. The molecule has 0 spiro atoms. The SMILES string of the molecule is COS(=O)(=O)N[C@H]1OC(C)O[C@H]1c1ccc(Cl)cc1Cl. The van der Waals surface area contributed by atoms with E-state index in [1.54, 1.807) is 25.1 Å². The van der Waals surface area contributed by atoms with Crippen molar-refractivity contribution < 1.29 is 22.1 Å². The maximum absolute atomic E-state index is 11.5. The molecular formula is C11H13Cl2NO5S. The van der Waals surface area contributed by atoms with Crippen LogP contribution in [-0.4, -0.2) is 28.0 Å². The van der Waals surface area contributed by atoms with Gasteiger partial charge in [0.1, 0.15) is 6.10 Å². The van der Waals surface area contributed by atoms with Crippen LogP contribution < -0.4 is 4.72 Å². The first kappa shape index (κ1) is 16.0. The fraction of sp³-hybridized carbons (Fsp3) is 0.455. The lowest BCUT2D eigenvalue weighted by Crippen LogP contribution is -2.38. The summed E-state index contributed by atoms with van der Waals surface area (Å²) in [6.07, 6.45) is -2.22. The van der Waals surface area contributed by atoms with E-state index in [4.69, 9.17) is 32.7 Å². The maximum Gasteiger partial charge on any atom is 0.337 e. The highest BCUT2D eigenvalue weighted by Gasteiger charge is 2.38. The Balaban J connectivity index is 2.28. The van der Waals surface area contributed by atoms with Gasteiger partial charge in [0.25, 0.3) is 0 Å². The number of halogens is 2. The largest absolute Gasteiger partial charge is 0.341 e. The Labute approximate surface area is 127 Å². The minimum Gasteiger partial charge on any atom is -0.341 e. The summed E-state index contributed by atoms with van der Waals surface area (Å²) in [5.41, 5.74) is 0.573. The number of rotatable bonds is 4. The lowest BCUT2D eigenvalue weighted by molar-refractivity contribution is -0.0523. The molecule has 0 radical (unpaired) electrons. The molecule has 0 saturated carbocycles. The van der Waals surface area contributed by atoms with E-state index < -0.39 is 28.9 Å². The quantitative estimate of drug-likeness (QED) is 0.908. The second-order valence-electron chi connectivity index (χ2n) is 4.09. The maximum atomic E-state index is 11.5. The molecule has 9 heteroatoms. The van der Waals surface area contributed by atoms with Gasteiger partial charge in [-0.15, -0.1) is 0 Å². The highest BCUT2D eigenvalue weighted by atomic mass is 35.5. The van der Waals surface area contributed by atoms with Crippen molar-refractivity contribution in [2.45, 2.75) is 25.5 Å². The number of hydrogen-bond donors (Lipinski definition) is 1. The minimum absolute atomic E-state index is 0.363. The summed E-state index contributed by atoms with van der Waals surface area (Å²) in [6.45, 7) is 1.65. The average molecular weight is 342 g/mol. The Hall–Kier alpha value is -0.410. The van der Waals surface area contributed by atoms with Gasteiger partial charge in [-0.3, -0.25) is 4.18 Å². The summed E-state index contributed by atoms with van der Waals surface area (Å²) >= 11 is 11.9. The van der Waals surface area contributed by atoms with E-state index in [0.717, 1.165) is 7.11 Å². The molecule has 1 aromatic carbocycles. The summed E-state index contributed by atoms with van der Waals surface area (Å²) in [5, 5.41) is 0.835. The zero-order valence-corrected chi connectivity index (χ0v) is 13.0. The first-order valence-electron chi connectivity index (χ1n) is 5.66. The van der Waals surface area contributed by atoms with Crippen molar-refractivity contribution in [3.8, 4) is 0 Å². The molecule has 20 heavy (non-hydrogen) atoms. The Morgan fingerprint density at radius 2 is 2.00 bits per heavy atom. The zero-order chi connectivity index (χ0) is 14.9. The molecule has 0 aromatic heterocycles. The van der Waals surface area contributed by atoms with Gasteiger partial charge in [-0.2, -0.15) is 13.1 Å². The molecule has 0 bridgehead atoms. The van der Waals surface area contributed by atoms with Crippen molar-refractivity contribution in [3.05, 3.63) is 33.8 Å². The molecule has 1 aliphatic rings. The van der Waals surface area contributed by atoms with Crippen LogP contribution in [0.5, 0.6) is 0 Å². The van der Waals surface area contributed by atoms with Gasteiger partial charge in [-0.25, -0.2) is 0 Å². The van der Waals surface area contributed by atoms with Crippen LogP contribution in [0.25, 0.3) is 0 Å². The average Bonchev–Trinajstić information content (AvgIpc) is 2.69. The standard InChI is InChI=1S/C11H13Cl2NO5S/c1-6-18-10(8-4-3-7(12)5-9(8)13)11(19-6)14-20(15,16)17-2/h3-6,10-11,14H,1-2H3/t6?,10-,11-/m0/s1. The van der Waals surface area contributed by atoms with Crippen LogP contribution in [0.15, 0.2) is 18.2 Å². The molecule has 1 heterocycles. The van der Waals surface area contributed by atoms with Crippen LogP contribution in [0.4, 0.5) is 0 Å². The van der Waals surface area contributed by atoms with Crippen LogP contribution in [0.3, 0.4) is 0 Å². The smallest absolute Gasteiger partial charge is 0.337 e. The topological polar surface area (TPSA) is 73.9 Å². The van der Waals surface area contributed by atoms with Crippen molar-refractivity contribution in [3.63, 3.8) is 0 Å². The van der Waals surface area contributed by atoms with Crippen LogP contribution in [-0.2, 0) is 24.0 Å². The van der Waals surface area contributed by atoms with Gasteiger partial charge in [-0.1, -0.05) is 29.3 Å². The molecule has 1 aliphatic heterocycles. The van der Waals surface area contributed by atoms with Gasteiger partial charge < -0.3 is 9.47 Å². The van der Waals surface area contributed by atoms with Gasteiger partial charge in [0, 0.05) is 15.6 Å². The minimum atomic E-state index is -3.91. The van der Waals surface area contributed by atoms with Crippen molar-refractivity contribution in [2.75, 3.05) is 7.11 Å². The van der Waals surface area contributed by atoms with Crippen LogP contribution in [0.1, 0.15) is 18.6 Å². The molecule has 112 valence electrons. The Bertz CT molecular complexity index is 594. The number of ether oxygens (including phenoxy) is 2. The van der Waals surface area contributed by atoms with Crippen LogP contribution >= 0.6 is 23.2 Å². The van der Waals surface area contributed by atoms with E-state index in [2.05, 4.69) is 8.91 Å². The third-order valence-electron chi connectivity index (χ3n) is 2.70. The molecule has 1 N–H and O–H groups in total. The Morgan fingerprint density at radius 1 is 1.30 bits per heavy atom. The van der Waals surface area contributed by atoms with E-state index in [-0.39, 0.29) is 0 Å². The normalized spacial score (nSPS) is 26.9. The van der Waals surface area contributed by atoms with Gasteiger partial charge >= 0.3 is 10.3 Å². The summed E-state index contributed by atoms with van der Waals surface area (Å²) in [7, 11) is -2.86. The van der Waals surface area contributed by atoms with Crippen LogP contribution in [0, 0.1) is 0 Å². The third kappa shape index (κ3) is 3.62. The van der Waals surface area contributed by atoms with Gasteiger partial charge in [0.2, 0.25) is 0 Å². The lowest BCUT2D eigenvalue weighted by Gasteiger charge is -2.18. The van der Waals surface area contributed by atoms with Gasteiger partial charge in [0.15, 0.2) is 12.5 Å². The second kappa shape index (κ2) is 6.15. The fourth-order valence-corrected chi connectivity index (χ4v) is 2.91. The monoisotopic (exact) mass is 341 g/mol. The highest BCUT2D eigenvalue weighted by Crippen LogP contribution is 2.36. The van der Waals surface area contributed by atoms with Gasteiger partial charge in [0.05, 0.1) is 7.11 Å². The highest BCUT2D eigenvalue weighted by molar-refractivity contribution is 7.84. The van der Waals surface area contributed by atoms with Gasteiger partial charge in [-0.05, 0) is 19.1 Å². The first-order valence-corrected chi connectivity index (χ1v) is 7.82. The van der Waals surface area contributed by atoms with E-state index >= 15 is 0 Å². The summed E-state index contributed by atoms with van der Waals surface area (Å²) in [5.74, 6) is 0. The first-order chi connectivity index (χ1) is 9.32. The summed E-state index contributed by atoms with van der Waals surface area (Å²) < 4.78 is 40.4. The second-order valence-corrected chi connectivity index (χ2v) is 6.41. The van der Waals surface area contributed by atoms with E-state index in [9.17, 15) is 8.42 Å². The van der Waals surface area contributed by atoms with Crippen molar-refractivity contribution in [1.82, 2.24) is 4.72 Å². The molecular weight excluding hydrogens is 329 g/mol. The summed E-state index contributed by atoms with van der Waals surface area (Å²) in [4.78, 5) is 0. The predicted molar refractivity (Wildman–Crippen MR) is 73.7 cm³/mol. The number of hydrogen-bond acceptors (Lipinski definition) is 5. The Morgan fingerprint density at radius 3 is 2.60 bits per heavy atom. The van der Waals surface area contributed by atoms with Crippen molar-refractivity contribution >= 4 is 33.5 Å². The fourth-order valence-electron chi connectivity index (χ4n) is 1.84. The molecule has 1 unspecified atom stereocenters. The molecule has 3 atom stereocenters. The molecule has 1 aromatic rings. The molecule has 0 aliphatic carbocycles. The molecule has 1 saturated heterocycles. The number of benzene rings is 1. The molecule has 2 rings (SSSR count). The van der Waals surface area contributed by atoms with E-state index in [0.29, 0.717) is 15.6 Å². The van der Waals surface area contributed by atoms with Crippen molar-refractivity contribution in [2.24, 2.45) is 0 Å². The van der Waals surface area contributed by atoms with Crippen molar-refractivity contribution in [1.29, 1.82) is 0 Å². The molecule has 0 amide bonds. The van der Waals surface area contributed by atoms with E-state index in [1.807, 2.05) is 0 Å². The summed E-state index contributed by atoms with van der Waals surface area (Å²) in [6, 6.07) is 4.84. The van der Waals surface area contributed by atoms with E-state index in [1.165, 1.54) is 0 Å². The van der Waals surface area contributed by atoms with Crippen LogP contribution in [0.2, 0.25) is 10.0 Å². The third-order valence-corrected chi connectivity index (χ3v) is 4.22. The lowest BCUT2D eigenvalue weighted by atomic mass is 10.1. The number of nitrogens with one attached hydrogen (secondary N) is 1.